The third-order valence-electron chi connectivity index (χ3n) is 11.4. The summed E-state index contributed by atoms with van der Waals surface area (Å²) in [5.74, 6) is -2.27. The predicted molar refractivity (Wildman–Crippen MR) is 243 cm³/mol. The number of carbonyl (C=O) groups excluding carboxylic acids is 3. The zero-order valence-electron chi connectivity index (χ0n) is 37.1. The zero-order valence-corrected chi connectivity index (χ0v) is 37.1. The first kappa shape index (κ1) is 46.5. The Morgan fingerprint density at radius 2 is 1.41 bits per heavy atom. The summed E-state index contributed by atoms with van der Waals surface area (Å²) in [4.78, 5) is 46.3. The van der Waals surface area contributed by atoms with Crippen molar-refractivity contribution in [1.82, 2.24) is 20.9 Å². The Morgan fingerprint density at radius 1 is 0.833 bits per heavy atom. The van der Waals surface area contributed by atoms with E-state index < -0.39 is 65.3 Å². The maximum Gasteiger partial charge on any atom is 0.408 e. The molecule has 14 heteroatoms. The Bertz CT molecular complexity index is 2650. The van der Waals surface area contributed by atoms with Crippen LogP contribution in [-0.4, -0.2) is 45.2 Å². The Labute approximate surface area is 383 Å². The Hall–Kier alpha value is -7.47. The van der Waals surface area contributed by atoms with Gasteiger partial charge in [-0.25, -0.2) is 9.78 Å². The number of alkyl carbamates (subject to hydrolysis) is 1. The lowest BCUT2D eigenvalue weighted by Crippen LogP contribution is -2.56. The van der Waals surface area contributed by atoms with E-state index in [-0.39, 0.29) is 60.5 Å². The molecule has 6 aromatic rings. The molecule has 4 bridgehead atoms. The number of benzene rings is 5. The molecule has 0 spiro atoms. The molecule has 66 heavy (non-hydrogen) atoms. The van der Waals surface area contributed by atoms with E-state index in [1.807, 2.05) is 97.1 Å². The Kier molecular flexibility index (Phi) is 14.8. The number of oxazole rings is 1. The van der Waals surface area contributed by atoms with Crippen LogP contribution in [0.5, 0.6) is 11.5 Å². The van der Waals surface area contributed by atoms with Crippen LogP contribution in [0.4, 0.5) is 4.79 Å². The molecule has 0 radical (unpaired) electrons. The van der Waals surface area contributed by atoms with E-state index in [1.165, 1.54) is 0 Å². The largest absolute Gasteiger partial charge is 0.489 e. The molecular weight excluding hydrogens is 839 g/mol. The summed E-state index contributed by atoms with van der Waals surface area (Å²) in [6.45, 7) is 7.29. The van der Waals surface area contributed by atoms with Crippen LogP contribution in [0, 0.1) is 23.2 Å². The number of nitrogens with one attached hydrogen (secondary N) is 3. The average molecular weight is 892 g/mol. The molecule has 5 aromatic carbocycles. The summed E-state index contributed by atoms with van der Waals surface area (Å²) in [6.07, 6.45) is -2.85. The lowest BCUT2D eigenvalue weighted by atomic mass is 9.80. The number of rotatable bonds is 14. The number of nitrogens with zero attached hydrogens (tertiary/aromatic N) is 2. The van der Waals surface area contributed by atoms with Gasteiger partial charge in [-0.05, 0) is 52.3 Å². The van der Waals surface area contributed by atoms with Crippen LogP contribution in [-0.2, 0) is 46.2 Å². The number of carbonyl (C=O) groups is 3. The van der Waals surface area contributed by atoms with E-state index in [4.69, 9.17) is 18.6 Å². The summed E-state index contributed by atoms with van der Waals surface area (Å²) in [5.41, 5.74) is 0.108. The van der Waals surface area contributed by atoms with Gasteiger partial charge in [0.05, 0.1) is 0 Å². The number of ether oxygens (including phenoxy) is 3. The van der Waals surface area contributed by atoms with Gasteiger partial charge < -0.3 is 44.8 Å². The van der Waals surface area contributed by atoms with Gasteiger partial charge in [-0.15, -0.1) is 0 Å². The molecule has 14 nitrogen and oxygen atoms in total. The Morgan fingerprint density at radius 3 is 2.00 bits per heavy atom. The third kappa shape index (κ3) is 10.7. The number of fused-ring (bicyclic) bond motifs is 4. The first-order valence-corrected chi connectivity index (χ1v) is 21.8. The van der Waals surface area contributed by atoms with E-state index >= 15 is 0 Å². The molecule has 3 amide bonds. The quantitative estimate of drug-likeness (QED) is 0.0725. The van der Waals surface area contributed by atoms with Crippen LogP contribution in [0.3, 0.4) is 0 Å². The molecule has 0 fully saturated rings. The maximum atomic E-state index is 14.6. The van der Waals surface area contributed by atoms with Gasteiger partial charge in [0.1, 0.15) is 61.6 Å². The van der Waals surface area contributed by atoms with Crippen LogP contribution < -0.4 is 25.4 Å². The van der Waals surface area contributed by atoms with E-state index in [2.05, 4.69) is 20.9 Å². The van der Waals surface area contributed by atoms with Crippen molar-refractivity contribution in [2.24, 2.45) is 11.8 Å². The van der Waals surface area contributed by atoms with Crippen molar-refractivity contribution >= 4 is 17.9 Å². The van der Waals surface area contributed by atoms with Crippen LogP contribution in [0.25, 0.3) is 0 Å². The first-order chi connectivity index (χ1) is 31.8. The molecule has 2 heterocycles. The number of amides is 3. The van der Waals surface area contributed by atoms with Gasteiger partial charge in [0.15, 0.2) is 17.1 Å². The molecule has 0 saturated carbocycles. The predicted octanol–water partition coefficient (Wildman–Crippen LogP) is 7.48. The number of aromatic nitrogens is 1. The number of hydrogen-bond acceptors (Lipinski definition) is 11. The highest BCUT2D eigenvalue weighted by molar-refractivity contribution is 5.91. The molecule has 5 atom stereocenters. The minimum absolute atomic E-state index is 0.0164. The summed E-state index contributed by atoms with van der Waals surface area (Å²) >= 11 is 0. The van der Waals surface area contributed by atoms with E-state index in [0.29, 0.717) is 5.56 Å². The highest BCUT2D eigenvalue weighted by Gasteiger charge is 2.50. The number of para-hydroxylation sites is 1. The van der Waals surface area contributed by atoms with Crippen molar-refractivity contribution in [3.8, 4) is 17.6 Å². The summed E-state index contributed by atoms with van der Waals surface area (Å²) in [7, 11) is 0. The zero-order chi connectivity index (χ0) is 46.8. The molecule has 1 aromatic heterocycles. The molecule has 0 unspecified atom stereocenters. The van der Waals surface area contributed by atoms with Crippen LogP contribution in [0.15, 0.2) is 138 Å². The van der Waals surface area contributed by atoms with Crippen LogP contribution >= 0.6 is 0 Å². The molecule has 7 rings (SSSR count). The molecule has 340 valence electrons. The third-order valence-corrected chi connectivity index (χ3v) is 11.4. The molecule has 1 aliphatic heterocycles. The van der Waals surface area contributed by atoms with Gasteiger partial charge in [0.25, 0.3) is 0 Å². The second-order valence-corrected chi connectivity index (χ2v) is 16.9. The smallest absolute Gasteiger partial charge is 0.408 e. The van der Waals surface area contributed by atoms with Crippen molar-refractivity contribution in [2.45, 2.75) is 83.8 Å². The number of hydrogen-bond donors (Lipinski definition) is 5. The van der Waals surface area contributed by atoms with Crippen LogP contribution in [0.1, 0.15) is 90.6 Å². The monoisotopic (exact) mass is 891 g/mol. The van der Waals surface area contributed by atoms with E-state index in [0.717, 1.165) is 16.7 Å². The second-order valence-electron chi connectivity index (χ2n) is 16.9. The normalized spacial score (nSPS) is 18.7. The molecule has 0 aliphatic carbocycles. The summed E-state index contributed by atoms with van der Waals surface area (Å²) in [5, 5.41) is 45.5. The standard InChI is InChI=1S/C52H53N5O9/c1-32(2)44(57-51(61)65-31-36-20-12-7-13-21-36)49(60)54-40-27-37-24-25-42(63-29-34-16-8-5-9-17-34)38(26-37)46(58)52(62,39-22-14-15-23-43(39)64-30-35-18-10-6-11-19-35)47-41(28-53)55-50(66-47)45(33(3)4)56-48(40)59/h5-26,32-33,40,44-46,58,62H,27,29-31H2,1-4H3,(H,54,60)(H,56,59)(H,57,61)/t40-,44+,45+,46-,52-/m1/s1. The highest BCUT2D eigenvalue weighted by atomic mass is 16.5. The van der Waals surface area contributed by atoms with Gasteiger partial charge in [0.2, 0.25) is 17.7 Å². The van der Waals surface area contributed by atoms with Gasteiger partial charge in [-0.1, -0.05) is 143 Å². The van der Waals surface area contributed by atoms with Crippen molar-refractivity contribution in [1.29, 1.82) is 5.26 Å². The van der Waals surface area contributed by atoms with Crippen LogP contribution in [0.2, 0.25) is 0 Å². The maximum absolute atomic E-state index is 14.6. The lowest BCUT2D eigenvalue weighted by molar-refractivity contribution is -0.131. The lowest BCUT2D eigenvalue weighted by Gasteiger charge is -2.34. The fraction of sp³-hybridized carbons (Fsp3) is 0.288. The fourth-order valence-electron chi connectivity index (χ4n) is 7.77. The van der Waals surface area contributed by atoms with E-state index in [9.17, 15) is 29.9 Å². The number of nitriles is 1. The molecule has 0 saturated heterocycles. The number of aliphatic hydroxyl groups excluding tert-OH is 1. The van der Waals surface area contributed by atoms with Crippen molar-refractivity contribution in [2.75, 3.05) is 0 Å². The fourth-order valence-corrected chi connectivity index (χ4v) is 7.77. The molecule has 1 aliphatic rings. The highest BCUT2D eigenvalue weighted by Crippen LogP contribution is 2.49. The van der Waals surface area contributed by atoms with Crippen molar-refractivity contribution < 1.29 is 43.2 Å². The topological polar surface area (TPSA) is 205 Å². The average Bonchev–Trinajstić information content (AvgIpc) is 3.77. The minimum atomic E-state index is -2.56. The second kappa shape index (κ2) is 21.0. The van der Waals surface area contributed by atoms with Gasteiger partial charge in [0, 0.05) is 17.5 Å². The molecule has 5 N–H and O–H groups in total. The van der Waals surface area contributed by atoms with Crippen molar-refractivity contribution in [3.05, 3.63) is 184 Å². The van der Waals surface area contributed by atoms with Gasteiger partial charge in [-0.2, -0.15) is 5.26 Å². The van der Waals surface area contributed by atoms with E-state index in [1.54, 1.807) is 70.2 Å². The van der Waals surface area contributed by atoms with Gasteiger partial charge in [-0.3, -0.25) is 9.59 Å². The molecular formula is C52H53N5O9. The summed E-state index contributed by atoms with van der Waals surface area (Å²) in [6, 6.07) is 38.0. The SMILES string of the molecule is CC(C)[C@H](NC(=O)OCc1ccccc1)C(=O)N[C@@H]1Cc2ccc(OCc3ccccc3)c(c2)[C@@H](O)[C@](O)(c2ccccc2OCc2ccccc2)c2oc(nc2C#N)[C@H](C(C)C)NC1=O. The van der Waals surface area contributed by atoms with Crippen molar-refractivity contribution in [3.63, 3.8) is 0 Å². The van der Waals surface area contributed by atoms with Gasteiger partial charge >= 0.3 is 6.09 Å². The first-order valence-electron chi connectivity index (χ1n) is 21.8. The number of aliphatic hydroxyl groups is 2. The Balaban J connectivity index is 1.32. The minimum Gasteiger partial charge on any atom is -0.489 e. The summed E-state index contributed by atoms with van der Waals surface area (Å²) < 4.78 is 24.5.